The number of rotatable bonds is 6. The van der Waals surface area contributed by atoms with Crippen molar-refractivity contribution in [3.63, 3.8) is 0 Å². The second-order valence-electron chi connectivity index (χ2n) is 4.77. The summed E-state index contributed by atoms with van der Waals surface area (Å²) in [6.07, 6.45) is 5.77. The van der Waals surface area contributed by atoms with Gasteiger partial charge in [-0.05, 0) is 47.5 Å². The fourth-order valence-electron chi connectivity index (χ4n) is 1.83. The molecule has 0 unspecified atom stereocenters. The molecule has 0 saturated carbocycles. The van der Waals surface area contributed by atoms with Crippen molar-refractivity contribution in [1.29, 1.82) is 0 Å². The Hall–Kier alpha value is -3.61. The second-order valence-corrected chi connectivity index (χ2v) is 4.77. The minimum atomic E-state index is -0.494. The molecule has 7 heteroatoms. The first-order valence-corrected chi connectivity index (χ1v) is 6.85. The summed E-state index contributed by atoms with van der Waals surface area (Å²) in [4.78, 5) is 31.8. The third-order valence-corrected chi connectivity index (χ3v) is 3.09. The van der Waals surface area contributed by atoms with Gasteiger partial charge < -0.3 is 0 Å². The molecule has 2 aromatic rings. The van der Waals surface area contributed by atoms with Crippen LogP contribution in [0.3, 0.4) is 0 Å². The molecule has 0 radical (unpaired) electrons. The summed E-state index contributed by atoms with van der Waals surface area (Å²) in [6, 6.07) is 11.6. The van der Waals surface area contributed by atoms with Gasteiger partial charge in [0.05, 0.1) is 9.85 Å². The number of carbonyl (C=O) groups is 1. The molecule has 0 aliphatic carbocycles. The van der Waals surface area contributed by atoms with Crippen molar-refractivity contribution in [1.82, 2.24) is 0 Å². The van der Waals surface area contributed by atoms with Crippen LogP contribution in [0.15, 0.2) is 60.7 Å². The normalized spacial score (nSPS) is 11.0. The number of non-ortho nitro benzene ring substituents is 2. The maximum absolute atomic E-state index is 11.7. The van der Waals surface area contributed by atoms with Gasteiger partial charge in [-0.25, -0.2) is 0 Å². The lowest BCUT2D eigenvalue weighted by molar-refractivity contribution is -0.385. The molecule has 0 saturated heterocycles. The number of benzene rings is 2. The molecular weight excluding hydrogens is 312 g/mol. The van der Waals surface area contributed by atoms with Crippen LogP contribution in [-0.4, -0.2) is 15.6 Å². The van der Waals surface area contributed by atoms with Crippen molar-refractivity contribution in [2.24, 2.45) is 0 Å². The summed E-state index contributed by atoms with van der Waals surface area (Å²) < 4.78 is 0. The standard InChI is InChI=1S/C17H12N2O5/c20-17(11-5-13-1-7-15(8-2-13)18(21)22)12-6-14-3-9-16(10-4-14)19(23)24/h1-12H/b11-5+,12-6+. The molecule has 0 aromatic heterocycles. The average molecular weight is 324 g/mol. The van der Waals surface area contributed by atoms with E-state index in [2.05, 4.69) is 0 Å². The molecule has 0 N–H and O–H groups in total. The molecule has 7 nitrogen and oxygen atoms in total. The summed E-state index contributed by atoms with van der Waals surface area (Å²) in [5, 5.41) is 21.1. The van der Waals surface area contributed by atoms with E-state index in [0.29, 0.717) is 11.1 Å². The lowest BCUT2D eigenvalue weighted by atomic mass is 10.1. The lowest BCUT2D eigenvalue weighted by Crippen LogP contribution is -1.88. The van der Waals surface area contributed by atoms with Crippen molar-refractivity contribution < 1.29 is 14.6 Å². The number of nitrogens with zero attached hydrogens (tertiary/aromatic N) is 2. The van der Waals surface area contributed by atoms with Gasteiger partial charge in [0.25, 0.3) is 11.4 Å². The van der Waals surface area contributed by atoms with Gasteiger partial charge in [0.2, 0.25) is 0 Å². The highest BCUT2D eigenvalue weighted by atomic mass is 16.6. The third kappa shape index (κ3) is 4.70. The van der Waals surface area contributed by atoms with Crippen molar-refractivity contribution in [3.05, 3.63) is 92.0 Å². The zero-order chi connectivity index (χ0) is 17.5. The molecule has 0 amide bonds. The van der Waals surface area contributed by atoms with Crippen molar-refractivity contribution >= 4 is 29.3 Å². The number of hydrogen-bond acceptors (Lipinski definition) is 5. The summed E-state index contributed by atoms with van der Waals surface area (Å²) in [6.45, 7) is 0. The zero-order valence-corrected chi connectivity index (χ0v) is 12.4. The highest BCUT2D eigenvalue weighted by Crippen LogP contribution is 2.14. The maximum atomic E-state index is 11.7. The molecule has 0 spiro atoms. The Balaban J connectivity index is 1.98. The predicted molar refractivity (Wildman–Crippen MR) is 89.3 cm³/mol. The number of carbonyl (C=O) groups excluding carboxylic acids is 1. The minimum Gasteiger partial charge on any atom is -0.290 e. The molecule has 0 fully saturated rings. The van der Waals surface area contributed by atoms with Gasteiger partial charge in [0.15, 0.2) is 5.78 Å². The first-order chi connectivity index (χ1) is 11.5. The van der Waals surface area contributed by atoms with Gasteiger partial charge in [0, 0.05) is 24.3 Å². The quantitative estimate of drug-likeness (QED) is 0.456. The molecule has 24 heavy (non-hydrogen) atoms. The summed E-state index contributed by atoms with van der Waals surface area (Å²) in [7, 11) is 0. The Kier molecular flexibility index (Phi) is 5.30. The molecule has 0 atom stereocenters. The lowest BCUT2D eigenvalue weighted by Gasteiger charge is -1.94. The monoisotopic (exact) mass is 324 g/mol. The van der Waals surface area contributed by atoms with Crippen molar-refractivity contribution in [2.75, 3.05) is 0 Å². The molecule has 0 heterocycles. The second kappa shape index (κ2) is 7.59. The van der Waals surface area contributed by atoms with Gasteiger partial charge in [-0.2, -0.15) is 0 Å². The van der Waals surface area contributed by atoms with E-state index < -0.39 is 9.85 Å². The number of hydrogen-bond donors (Lipinski definition) is 0. The van der Waals surface area contributed by atoms with Crippen LogP contribution in [0.1, 0.15) is 11.1 Å². The molecule has 2 rings (SSSR count). The Labute approximate surface area is 136 Å². The highest BCUT2D eigenvalue weighted by molar-refractivity contribution is 6.04. The maximum Gasteiger partial charge on any atom is 0.269 e. The molecule has 0 bridgehead atoms. The number of nitro groups is 2. The summed E-state index contributed by atoms with van der Waals surface area (Å²) >= 11 is 0. The van der Waals surface area contributed by atoms with Crippen LogP contribution in [0.25, 0.3) is 12.2 Å². The fourth-order valence-corrected chi connectivity index (χ4v) is 1.83. The van der Waals surface area contributed by atoms with Crippen molar-refractivity contribution in [2.45, 2.75) is 0 Å². The van der Waals surface area contributed by atoms with Crippen LogP contribution in [0, 0.1) is 20.2 Å². The zero-order valence-electron chi connectivity index (χ0n) is 12.4. The van der Waals surface area contributed by atoms with E-state index in [1.807, 2.05) is 0 Å². The van der Waals surface area contributed by atoms with Crippen LogP contribution >= 0.6 is 0 Å². The van der Waals surface area contributed by atoms with Crippen LogP contribution < -0.4 is 0 Å². The fraction of sp³-hybridized carbons (Fsp3) is 0. The van der Waals surface area contributed by atoms with Gasteiger partial charge in [-0.1, -0.05) is 12.2 Å². The Morgan fingerprint density at radius 3 is 1.33 bits per heavy atom. The van der Waals surface area contributed by atoms with E-state index in [1.54, 1.807) is 36.4 Å². The number of ketones is 1. The Bertz CT molecular complexity index is 752. The molecular formula is C17H12N2O5. The SMILES string of the molecule is O=C(/C=C/c1ccc([N+](=O)[O-])cc1)/C=C/c1ccc([N+](=O)[O-])cc1. The van der Waals surface area contributed by atoms with Crippen LogP contribution in [0.2, 0.25) is 0 Å². The number of nitro benzene ring substituents is 2. The van der Waals surface area contributed by atoms with E-state index in [-0.39, 0.29) is 17.2 Å². The number of allylic oxidation sites excluding steroid dienone is 2. The molecule has 0 aliphatic rings. The van der Waals surface area contributed by atoms with E-state index in [1.165, 1.54) is 36.4 Å². The summed E-state index contributed by atoms with van der Waals surface area (Å²) in [5.74, 6) is -0.272. The Morgan fingerprint density at radius 2 is 1.04 bits per heavy atom. The van der Waals surface area contributed by atoms with Gasteiger partial charge in [0.1, 0.15) is 0 Å². The van der Waals surface area contributed by atoms with E-state index in [9.17, 15) is 25.0 Å². The van der Waals surface area contributed by atoms with Crippen molar-refractivity contribution in [3.8, 4) is 0 Å². The third-order valence-electron chi connectivity index (χ3n) is 3.09. The first kappa shape index (κ1) is 16.8. The van der Waals surface area contributed by atoms with Gasteiger partial charge in [-0.15, -0.1) is 0 Å². The molecule has 0 aliphatic heterocycles. The smallest absolute Gasteiger partial charge is 0.269 e. The van der Waals surface area contributed by atoms with E-state index >= 15 is 0 Å². The predicted octanol–water partition coefficient (Wildman–Crippen LogP) is 3.80. The average Bonchev–Trinajstić information content (AvgIpc) is 2.58. The summed E-state index contributed by atoms with van der Waals surface area (Å²) in [5.41, 5.74) is 1.29. The van der Waals surface area contributed by atoms with Gasteiger partial charge >= 0.3 is 0 Å². The molecule has 2 aromatic carbocycles. The van der Waals surface area contributed by atoms with Gasteiger partial charge in [-0.3, -0.25) is 25.0 Å². The topological polar surface area (TPSA) is 103 Å². The Morgan fingerprint density at radius 1 is 0.708 bits per heavy atom. The van der Waals surface area contributed by atoms with E-state index in [0.717, 1.165) is 0 Å². The first-order valence-electron chi connectivity index (χ1n) is 6.85. The minimum absolute atomic E-state index is 0.0171. The molecule has 120 valence electrons. The van der Waals surface area contributed by atoms with E-state index in [4.69, 9.17) is 0 Å². The van der Waals surface area contributed by atoms with Crippen LogP contribution in [0.5, 0.6) is 0 Å². The van der Waals surface area contributed by atoms with Crippen LogP contribution in [-0.2, 0) is 4.79 Å². The largest absolute Gasteiger partial charge is 0.290 e. The highest BCUT2D eigenvalue weighted by Gasteiger charge is 2.03. The van der Waals surface area contributed by atoms with Crippen LogP contribution in [0.4, 0.5) is 11.4 Å².